The van der Waals surface area contributed by atoms with Crippen LogP contribution in [0.3, 0.4) is 0 Å². The van der Waals surface area contributed by atoms with Crippen LogP contribution in [0.15, 0.2) is 23.3 Å². The molecule has 1 aliphatic heterocycles. The zero-order chi connectivity index (χ0) is 18.9. The van der Waals surface area contributed by atoms with Crippen LogP contribution in [0.1, 0.15) is 44.6 Å². The highest BCUT2D eigenvalue weighted by Crippen LogP contribution is 2.29. The van der Waals surface area contributed by atoms with Crippen LogP contribution in [-0.4, -0.2) is 54.5 Å². The number of nitrogens with zero attached hydrogens (tertiary/aromatic N) is 3. The van der Waals surface area contributed by atoms with Gasteiger partial charge in [0, 0.05) is 44.9 Å². The van der Waals surface area contributed by atoms with Gasteiger partial charge in [-0.15, -0.1) is 24.0 Å². The van der Waals surface area contributed by atoms with Gasteiger partial charge in [-0.3, -0.25) is 4.79 Å². The van der Waals surface area contributed by atoms with Crippen LogP contribution in [0.2, 0.25) is 0 Å². The van der Waals surface area contributed by atoms with Crippen LogP contribution in [0, 0.1) is 5.92 Å². The van der Waals surface area contributed by atoms with Crippen molar-refractivity contribution in [3.05, 3.63) is 23.9 Å². The van der Waals surface area contributed by atoms with Crippen LogP contribution >= 0.6 is 24.0 Å². The standard InChI is InChI=1S/C20H31N5O2.HI/c1-2-21-20(22-10-4-12-25-11-3-5-19(25)26)24-14-17-8-9-18(23-13-17)27-15-16-6-7-16;/h8-9,13,16H,2-7,10-12,14-15H2,1H3,(H2,21,22,24);1H. The second kappa shape index (κ2) is 12.1. The van der Waals surface area contributed by atoms with Crippen LogP contribution in [0.5, 0.6) is 5.88 Å². The highest BCUT2D eigenvalue weighted by Gasteiger charge is 2.22. The summed E-state index contributed by atoms with van der Waals surface area (Å²) in [7, 11) is 0. The molecule has 2 aliphatic rings. The maximum Gasteiger partial charge on any atom is 0.222 e. The van der Waals surface area contributed by atoms with Crippen molar-refractivity contribution in [3.8, 4) is 5.88 Å². The lowest BCUT2D eigenvalue weighted by molar-refractivity contribution is -0.127. The first-order chi connectivity index (χ1) is 13.2. The van der Waals surface area contributed by atoms with E-state index in [1.807, 2.05) is 30.2 Å². The number of pyridine rings is 1. The van der Waals surface area contributed by atoms with Gasteiger partial charge in [0.05, 0.1) is 13.2 Å². The molecule has 8 heteroatoms. The monoisotopic (exact) mass is 501 g/mol. The molecule has 0 unspecified atom stereocenters. The SMILES string of the molecule is CCNC(=NCc1ccc(OCC2CC2)nc1)NCCCN1CCCC1=O.I. The Morgan fingerprint density at radius 2 is 2.21 bits per heavy atom. The number of halogens is 1. The van der Waals surface area contributed by atoms with E-state index in [2.05, 4.69) is 20.6 Å². The summed E-state index contributed by atoms with van der Waals surface area (Å²) in [5.74, 6) is 2.50. The van der Waals surface area contributed by atoms with Crippen LogP contribution < -0.4 is 15.4 Å². The van der Waals surface area contributed by atoms with Gasteiger partial charge in [-0.25, -0.2) is 9.98 Å². The van der Waals surface area contributed by atoms with E-state index in [1.165, 1.54) is 12.8 Å². The molecule has 28 heavy (non-hydrogen) atoms. The molecule has 0 bridgehead atoms. The van der Waals surface area contributed by atoms with E-state index in [-0.39, 0.29) is 29.9 Å². The maximum atomic E-state index is 11.6. The van der Waals surface area contributed by atoms with E-state index in [0.717, 1.165) is 63.1 Å². The van der Waals surface area contributed by atoms with Crippen LogP contribution in [-0.2, 0) is 11.3 Å². The fourth-order valence-corrected chi connectivity index (χ4v) is 3.01. The van der Waals surface area contributed by atoms with Crippen LogP contribution in [0.25, 0.3) is 0 Å². The summed E-state index contributed by atoms with van der Waals surface area (Å²) < 4.78 is 5.66. The second-order valence-corrected chi connectivity index (χ2v) is 7.22. The molecule has 2 fully saturated rings. The first kappa shape index (κ1) is 22.7. The summed E-state index contributed by atoms with van der Waals surface area (Å²) >= 11 is 0. The Morgan fingerprint density at radius 3 is 2.86 bits per heavy atom. The first-order valence-electron chi connectivity index (χ1n) is 10.1. The van der Waals surface area contributed by atoms with E-state index in [1.54, 1.807) is 0 Å². The van der Waals surface area contributed by atoms with Gasteiger partial charge >= 0.3 is 0 Å². The van der Waals surface area contributed by atoms with Crippen molar-refractivity contribution in [2.75, 3.05) is 32.8 Å². The van der Waals surface area contributed by atoms with Gasteiger partial charge in [0.15, 0.2) is 5.96 Å². The molecule has 2 N–H and O–H groups in total. The number of hydrogen-bond donors (Lipinski definition) is 2. The minimum Gasteiger partial charge on any atom is -0.477 e. The molecule has 2 heterocycles. The lowest BCUT2D eigenvalue weighted by Crippen LogP contribution is -2.39. The molecule has 156 valence electrons. The van der Waals surface area contributed by atoms with Gasteiger partial charge in [0.1, 0.15) is 0 Å². The van der Waals surface area contributed by atoms with Gasteiger partial charge in [0.2, 0.25) is 11.8 Å². The number of rotatable bonds is 10. The Morgan fingerprint density at radius 1 is 1.36 bits per heavy atom. The number of ether oxygens (including phenoxy) is 1. The molecule has 1 aromatic rings. The Labute approximate surface area is 184 Å². The summed E-state index contributed by atoms with van der Waals surface area (Å²) in [5.41, 5.74) is 1.05. The van der Waals surface area contributed by atoms with E-state index in [4.69, 9.17) is 4.74 Å². The Hall–Kier alpha value is -1.58. The van der Waals surface area contributed by atoms with Crippen molar-refractivity contribution in [1.82, 2.24) is 20.5 Å². The van der Waals surface area contributed by atoms with Gasteiger partial charge < -0.3 is 20.3 Å². The molecule has 7 nitrogen and oxygen atoms in total. The average molecular weight is 501 g/mol. The number of carbonyl (C=O) groups excluding carboxylic acids is 1. The predicted molar refractivity (Wildman–Crippen MR) is 121 cm³/mol. The second-order valence-electron chi connectivity index (χ2n) is 7.22. The maximum absolute atomic E-state index is 11.6. The van der Waals surface area contributed by atoms with Gasteiger partial charge in [-0.05, 0) is 44.1 Å². The highest BCUT2D eigenvalue weighted by molar-refractivity contribution is 14.0. The summed E-state index contributed by atoms with van der Waals surface area (Å²) in [4.78, 5) is 22.5. The number of guanidine groups is 1. The summed E-state index contributed by atoms with van der Waals surface area (Å²) in [5, 5.41) is 6.59. The third kappa shape index (κ3) is 7.81. The fraction of sp³-hybridized carbons (Fsp3) is 0.650. The van der Waals surface area contributed by atoms with Crippen molar-refractivity contribution < 1.29 is 9.53 Å². The molecule has 1 saturated carbocycles. The number of carbonyl (C=O) groups is 1. The molecular weight excluding hydrogens is 469 g/mol. The third-order valence-electron chi connectivity index (χ3n) is 4.79. The largest absolute Gasteiger partial charge is 0.477 e. The highest BCUT2D eigenvalue weighted by atomic mass is 127. The molecule has 0 atom stereocenters. The zero-order valence-electron chi connectivity index (χ0n) is 16.7. The minimum absolute atomic E-state index is 0. The van der Waals surface area contributed by atoms with E-state index < -0.39 is 0 Å². The predicted octanol–water partition coefficient (Wildman–Crippen LogP) is 2.56. The van der Waals surface area contributed by atoms with Crippen molar-refractivity contribution in [1.29, 1.82) is 0 Å². The van der Waals surface area contributed by atoms with Gasteiger partial charge in [-0.2, -0.15) is 0 Å². The Balaban J connectivity index is 0.00000280. The Bertz CT molecular complexity index is 634. The van der Waals surface area contributed by atoms with Crippen molar-refractivity contribution in [2.45, 2.75) is 45.6 Å². The number of amides is 1. The molecule has 0 spiro atoms. The number of nitrogens with one attached hydrogen (secondary N) is 2. The lowest BCUT2D eigenvalue weighted by atomic mass is 10.3. The number of aliphatic imine (C=N–C) groups is 1. The third-order valence-corrected chi connectivity index (χ3v) is 4.79. The average Bonchev–Trinajstić information content (AvgIpc) is 3.43. The molecule has 1 aromatic heterocycles. The Kier molecular flexibility index (Phi) is 9.80. The van der Waals surface area contributed by atoms with Crippen molar-refractivity contribution in [3.63, 3.8) is 0 Å². The molecule has 1 saturated heterocycles. The minimum atomic E-state index is 0. The topological polar surface area (TPSA) is 78.9 Å². The summed E-state index contributed by atoms with van der Waals surface area (Å²) in [6.07, 6.45) is 7.01. The smallest absolute Gasteiger partial charge is 0.222 e. The van der Waals surface area contributed by atoms with Gasteiger partial charge in [0.25, 0.3) is 0 Å². The zero-order valence-corrected chi connectivity index (χ0v) is 19.0. The van der Waals surface area contributed by atoms with E-state index >= 15 is 0 Å². The molecular formula is C20H32IN5O2. The van der Waals surface area contributed by atoms with E-state index in [0.29, 0.717) is 18.8 Å². The number of likely N-dealkylation sites (tertiary alicyclic amines) is 1. The fourth-order valence-electron chi connectivity index (χ4n) is 3.01. The van der Waals surface area contributed by atoms with Gasteiger partial charge in [-0.1, -0.05) is 6.07 Å². The quantitative estimate of drug-likeness (QED) is 0.223. The van der Waals surface area contributed by atoms with Crippen molar-refractivity contribution >= 4 is 35.8 Å². The number of aromatic nitrogens is 1. The summed E-state index contributed by atoms with van der Waals surface area (Å²) in [6.45, 7) is 6.72. The summed E-state index contributed by atoms with van der Waals surface area (Å²) in [6, 6.07) is 3.93. The first-order valence-corrected chi connectivity index (χ1v) is 10.1. The molecule has 0 radical (unpaired) electrons. The van der Waals surface area contributed by atoms with Crippen molar-refractivity contribution in [2.24, 2.45) is 10.9 Å². The molecule has 1 aliphatic carbocycles. The van der Waals surface area contributed by atoms with E-state index in [9.17, 15) is 4.79 Å². The van der Waals surface area contributed by atoms with Crippen LogP contribution in [0.4, 0.5) is 0 Å². The normalized spacial score (nSPS) is 16.7. The molecule has 0 aromatic carbocycles. The number of hydrogen-bond acceptors (Lipinski definition) is 4. The molecule has 3 rings (SSSR count). The molecule has 1 amide bonds. The lowest BCUT2D eigenvalue weighted by Gasteiger charge is -2.16.